The van der Waals surface area contributed by atoms with Gasteiger partial charge in [0.05, 0.1) is 0 Å². The number of rotatable bonds is 8. The summed E-state index contributed by atoms with van der Waals surface area (Å²) < 4.78 is 0. The van der Waals surface area contributed by atoms with E-state index in [1.165, 1.54) is 26.6 Å². The first kappa shape index (κ1) is 15.7. The highest BCUT2D eigenvalue weighted by atomic mass is 32.1. The summed E-state index contributed by atoms with van der Waals surface area (Å²) in [6, 6.07) is 7.36. The first-order valence-corrected chi connectivity index (χ1v) is 9.35. The second kappa shape index (κ2) is 7.96. The summed E-state index contributed by atoms with van der Waals surface area (Å²) in [5.74, 6) is 0. The van der Waals surface area contributed by atoms with Crippen LogP contribution in [-0.4, -0.2) is 6.54 Å². The summed E-state index contributed by atoms with van der Waals surface area (Å²) in [6.45, 7) is 7.82. The molecule has 0 bridgehead atoms. The van der Waals surface area contributed by atoms with Crippen molar-refractivity contribution in [1.82, 2.24) is 5.32 Å². The van der Waals surface area contributed by atoms with Crippen molar-refractivity contribution in [3.05, 3.63) is 43.8 Å². The number of aryl methyl sites for hydroxylation is 2. The molecule has 3 heteroatoms. The monoisotopic (exact) mass is 307 g/mol. The average molecular weight is 308 g/mol. The third-order valence-electron chi connectivity index (χ3n) is 3.59. The molecule has 0 aromatic carbocycles. The Morgan fingerprint density at radius 2 is 1.85 bits per heavy atom. The largest absolute Gasteiger partial charge is 0.309 e. The van der Waals surface area contributed by atoms with Crippen LogP contribution in [0.2, 0.25) is 0 Å². The van der Waals surface area contributed by atoms with Gasteiger partial charge in [-0.15, -0.1) is 22.7 Å². The van der Waals surface area contributed by atoms with Crippen LogP contribution in [0.4, 0.5) is 0 Å². The van der Waals surface area contributed by atoms with Crippen LogP contribution in [0.5, 0.6) is 0 Å². The molecule has 20 heavy (non-hydrogen) atoms. The van der Waals surface area contributed by atoms with Crippen molar-refractivity contribution >= 4 is 22.7 Å². The van der Waals surface area contributed by atoms with Crippen molar-refractivity contribution in [3.8, 4) is 0 Å². The van der Waals surface area contributed by atoms with Gasteiger partial charge in [-0.25, -0.2) is 0 Å². The van der Waals surface area contributed by atoms with Crippen LogP contribution in [0.1, 0.15) is 53.4 Å². The molecule has 1 N–H and O–H groups in total. The van der Waals surface area contributed by atoms with E-state index >= 15 is 0 Å². The summed E-state index contributed by atoms with van der Waals surface area (Å²) in [5.41, 5.74) is 1.51. The van der Waals surface area contributed by atoms with Gasteiger partial charge < -0.3 is 5.32 Å². The molecule has 1 unspecified atom stereocenters. The highest BCUT2D eigenvalue weighted by Crippen LogP contribution is 2.30. The molecule has 0 aliphatic rings. The second-order valence-corrected chi connectivity index (χ2v) is 7.30. The zero-order valence-electron chi connectivity index (χ0n) is 12.7. The lowest BCUT2D eigenvalue weighted by molar-refractivity contribution is 0.536. The Morgan fingerprint density at radius 3 is 2.50 bits per heavy atom. The Bertz CT molecular complexity index is 513. The number of thiophene rings is 2. The quantitative estimate of drug-likeness (QED) is 0.705. The third kappa shape index (κ3) is 3.94. The fourth-order valence-corrected chi connectivity index (χ4v) is 4.52. The molecule has 0 spiro atoms. The maximum atomic E-state index is 3.74. The highest BCUT2D eigenvalue weighted by molar-refractivity contribution is 7.12. The number of hydrogen-bond donors (Lipinski definition) is 1. The summed E-state index contributed by atoms with van der Waals surface area (Å²) in [6.07, 6.45) is 4.59. The van der Waals surface area contributed by atoms with Crippen molar-refractivity contribution < 1.29 is 0 Å². The Hall–Kier alpha value is -0.640. The van der Waals surface area contributed by atoms with Crippen LogP contribution in [0, 0.1) is 0 Å². The van der Waals surface area contributed by atoms with Gasteiger partial charge in [0.2, 0.25) is 0 Å². The predicted molar refractivity (Wildman–Crippen MR) is 92.1 cm³/mol. The van der Waals surface area contributed by atoms with E-state index in [0.717, 1.165) is 25.8 Å². The predicted octanol–water partition coefficient (Wildman–Crippen LogP) is 5.22. The van der Waals surface area contributed by atoms with E-state index in [1.807, 2.05) is 22.7 Å². The Balaban J connectivity index is 2.14. The van der Waals surface area contributed by atoms with Gasteiger partial charge in [-0.05, 0) is 54.9 Å². The fourth-order valence-electron chi connectivity index (χ4n) is 2.44. The first-order chi connectivity index (χ1) is 9.78. The second-order valence-electron chi connectivity index (χ2n) is 5.10. The Kier molecular flexibility index (Phi) is 6.27. The van der Waals surface area contributed by atoms with Crippen LogP contribution in [0.3, 0.4) is 0 Å². The third-order valence-corrected chi connectivity index (χ3v) is 5.91. The molecule has 2 aromatic rings. The standard InChI is InChI=1S/C17H25NS2/c1-4-10-18-16(17-13(5-2)9-11-19-17)12-15-8-7-14(6-3)20-15/h7-9,11,16,18H,4-6,10,12H2,1-3H3. The molecule has 0 saturated carbocycles. The van der Waals surface area contributed by atoms with Gasteiger partial charge in [0.25, 0.3) is 0 Å². The lowest BCUT2D eigenvalue weighted by Gasteiger charge is -2.18. The lowest BCUT2D eigenvalue weighted by atomic mass is 10.1. The summed E-state index contributed by atoms with van der Waals surface area (Å²) >= 11 is 3.88. The first-order valence-electron chi connectivity index (χ1n) is 7.65. The molecule has 2 rings (SSSR count). The van der Waals surface area contributed by atoms with E-state index < -0.39 is 0 Å². The minimum atomic E-state index is 0.480. The van der Waals surface area contributed by atoms with E-state index in [0.29, 0.717) is 6.04 Å². The SMILES string of the molecule is CCCNC(Cc1ccc(CC)s1)c1sccc1CC. The highest BCUT2D eigenvalue weighted by Gasteiger charge is 2.17. The molecule has 1 nitrogen and oxygen atoms in total. The van der Waals surface area contributed by atoms with Crippen molar-refractivity contribution in [2.45, 2.75) is 52.5 Å². The van der Waals surface area contributed by atoms with Crippen molar-refractivity contribution in [3.63, 3.8) is 0 Å². The van der Waals surface area contributed by atoms with Gasteiger partial charge in [-0.1, -0.05) is 20.8 Å². The van der Waals surface area contributed by atoms with Gasteiger partial charge in [0.1, 0.15) is 0 Å². The molecule has 0 saturated heterocycles. The molecule has 0 aliphatic carbocycles. The van der Waals surface area contributed by atoms with E-state index in [1.54, 1.807) is 0 Å². The average Bonchev–Trinajstić information content (AvgIpc) is 3.11. The molecule has 2 aromatic heterocycles. The molecule has 0 amide bonds. The minimum Gasteiger partial charge on any atom is -0.309 e. The van der Waals surface area contributed by atoms with Crippen LogP contribution < -0.4 is 5.32 Å². The molecular weight excluding hydrogens is 282 g/mol. The number of nitrogens with one attached hydrogen (secondary N) is 1. The smallest absolute Gasteiger partial charge is 0.0466 e. The lowest BCUT2D eigenvalue weighted by Crippen LogP contribution is -2.23. The molecule has 1 atom stereocenters. The van der Waals surface area contributed by atoms with Crippen LogP contribution in [0.15, 0.2) is 23.6 Å². The van der Waals surface area contributed by atoms with Gasteiger partial charge in [0.15, 0.2) is 0 Å². The number of hydrogen-bond acceptors (Lipinski definition) is 3. The van der Waals surface area contributed by atoms with Crippen LogP contribution in [-0.2, 0) is 19.3 Å². The van der Waals surface area contributed by atoms with Crippen LogP contribution in [0.25, 0.3) is 0 Å². The van der Waals surface area contributed by atoms with E-state index in [2.05, 4.69) is 49.7 Å². The maximum Gasteiger partial charge on any atom is 0.0466 e. The Morgan fingerprint density at radius 1 is 1.05 bits per heavy atom. The normalized spacial score (nSPS) is 12.8. The summed E-state index contributed by atoms with van der Waals surface area (Å²) in [5, 5.41) is 5.98. The summed E-state index contributed by atoms with van der Waals surface area (Å²) in [7, 11) is 0. The van der Waals surface area contributed by atoms with Crippen LogP contribution >= 0.6 is 22.7 Å². The topological polar surface area (TPSA) is 12.0 Å². The van der Waals surface area contributed by atoms with Crippen molar-refractivity contribution in [2.75, 3.05) is 6.54 Å². The Labute approximate surface area is 131 Å². The molecule has 110 valence electrons. The van der Waals surface area contributed by atoms with E-state index in [-0.39, 0.29) is 0 Å². The van der Waals surface area contributed by atoms with Gasteiger partial charge in [0, 0.05) is 27.1 Å². The van der Waals surface area contributed by atoms with Gasteiger partial charge in [-0.3, -0.25) is 0 Å². The maximum absolute atomic E-state index is 3.74. The molecule has 0 radical (unpaired) electrons. The summed E-state index contributed by atoms with van der Waals surface area (Å²) in [4.78, 5) is 4.54. The van der Waals surface area contributed by atoms with E-state index in [4.69, 9.17) is 0 Å². The fraction of sp³-hybridized carbons (Fsp3) is 0.529. The minimum absolute atomic E-state index is 0.480. The van der Waals surface area contributed by atoms with Crippen molar-refractivity contribution in [2.24, 2.45) is 0 Å². The molecule has 2 heterocycles. The molecule has 0 aliphatic heterocycles. The molecular formula is C17H25NS2. The van der Waals surface area contributed by atoms with E-state index in [9.17, 15) is 0 Å². The zero-order chi connectivity index (χ0) is 14.4. The molecule has 0 fully saturated rings. The van der Waals surface area contributed by atoms with Crippen molar-refractivity contribution in [1.29, 1.82) is 0 Å². The zero-order valence-corrected chi connectivity index (χ0v) is 14.4. The van der Waals surface area contributed by atoms with Gasteiger partial charge in [-0.2, -0.15) is 0 Å². The van der Waals surface area contributed by atoms with Gasteiger partial charge >= 0.3 is 0 Å².